The molecule has 0 aliphatic rings. The molecule has 0 aliphatic heterocycles. The maximum atomic E-state index is 5.89. The number of aromatic nitrogens is 2. The van der Waals surface area contributed by atoms with Gasteiger partial charge in [-0.3, -0.25) is 0 Å². The van der Waals surface area contributed by atoms with Crippen LogP contribution in [-0.4, -0.2) is 9.55 Å². The van der Waals surface area contributed by atoms with Crippen LogP contribution in [0.5, 0.6) is 0 Å². The van der Waals surface area contributed by atoms with Gasteiger partial charge < -0.3 is 10.3 Å². The van der Waals surface area contributed by atoms with Crippen LogP contribution in [0, 0.1) is 6.92 Å². The zero-order chi connectivity index (χ0) is 11.5. The van der Waals surface area contributed by atoms with Crippen LogP contribution in [0.25, 0.3) is 0 Å². The van der Waals surface area contributed by atoms with Crippen LogP contribution in [0.15, 0.2) is 36.8 Å². The topological polar surface area (TPSA) is 43.8 Å². The van der Waals surface area contributed by atoms with Crippen molar-refractivity contribution in [3.05, 3.63) is 53.6 Å². The molecular weight excluding hydrogens is 198 g/mol. The number of nitrogens with zero attached hydrogens (tertiary/aromatic N) is 2. The SMILES string of the molecule is Cc1ccccc1Cn1cncc1[C@H](C)N. The van der Waals surface area contributed by atoms with Crippen LogP contribution in [-0.2, 0) is 6.54 Å². The van der Waals surface area contributed by atoms with Crippen molar-refractivity contribution in [2.24, 2.45) is 5.73 Å². The molecule has 16 heavy (non-hydrogen) atoms. The van der Waals surface area contributed by atoms with E-state index in [4.69, 9.17) is 5.73 Å². The number of imidazole rings is 1. The Kier molecular flexibility index (Phi) is 3.06. The second-order valence-corrected chi connectivity index (χ2v) is 4.16. The Balaban J connectivity index is 2.27. The lowest BCUT2D eigenvalue weighted by Gasteiger charge is -2.12. The largest absolute Gasteiger partial charge is 0.329 e. The summed E-state index contributed by atoms with van der Waals surface area (Å²) in [5.74, 6) is 0. The first-order valence-electron chi connectivity index (χ1n) is 5.48. The summed E-state index contributed by atoms with van der Waals surface area (Å²) < 4.78 is 2.10. The zero-order valence-electron chi connectivity index (χ0n) is 9.72. The van der Waals surface area contributed by atoms with Crippen molar-refractivity contribution >= 4 is 0 Å². The fourth-order valence-electron chi connectivity index (χ4n) is 1.81. The Morgan fingerprint density at radius 1 is 1.38 bits per heavy atom. The van der Waals surface area contributed by atoms with Crippen LogP contribution < -0.4 is 5.73 Å². The molecule has 84 valence electrons. The number of nitrogens with two attached hydrogens (primary N) is 1. The van der Waals surface area contributed by atoms with E-state index in [1.807, 2.05) is 19.4 Å². The van der Waals surface area contributed by atoms with Gasteiger partial charge in [-0.1, -0.05) is 24.3 Å². The van der Waals surface area contributed by atoms with Gasteiger partial charge in [0.15, 0.2) is 0 Å². The summed E-state index contributed by atoms with van der Waals surface area (Å²) in [6.45, 7) is 4.94. The minimum Gasteiger partial charge on any atom is -0.329 e. The summed E-state index contributed by atoms with van der Waals surface area (Å²) in [4.78, 5) is 4.15. The highest BCUT2D eigenvalue weighted by Gasteiger charge is 2.07. The second kappa shape index (κ2) is 4.49. The quantitative estimate of drug-likeness (QED) is 0.853. The summed E-state index contributed by atoms with van der Waals surface area (Å²) in [5.41, 5.74) is 9.57. The van der Waals surface area contributed by atoms with Gasteiger partial charge in [0.1, 0.15) is 0 Å². The zero-order valence-corrected chi connectivity index (χ0v) is 9.72. The molecular formula is C13H17N3. The van der Waals surface area contributed by atoms with Gasteiger partial charge in [0.25, 0.3) is 0 Å². The Bertz CT molecular complexity index is 472. The molecule has 3 heteroatoms. The number of hydrogen-bond donors (Lipinski definition) is 1. The molecule has 0 saturated heterocycles. The standard InChI is InChI=1S/C13H17N3/c1-10-5-3-4-6-12(10)8-16-9-15-7-13(16)11(2)14/h3-7,9,11H,8,14H2,1-2H3/t11-/m0/s1. The lowest BCUT2D eigenvalue weighted by molar-refractivity contribution is 0.673. The number of rotatable bonds is 3. The Hall–Kier alpha value is -1.61. The van der Waals surface area contributed by atoms with E-state index in [0.717, 1.165) is 12.2 Å². The third kappa shape index (κ3) is 2.14. The van der Waals surface area contributed by atoms with E-state index in [0.29, 0.717) is 0 Å². The number of aryl methyl sites for hydroxylation is 1. The lowest BCUT2D eigenvalue weighted by Crippen LogP contribution is -2.12. The summed E-state index contributed by atoms with van der Waals surface area (Å²) in [5, 5.41) is 0. The van der Waals surface area contributed by atoms with Crippen molar-refractivity contribution < 1.29 is 0 Å². The van der Waals surface area contributed by atoms with E-state index in [-0.39, 0.29) is 6.04 Å². The molecule has 1 atom stereocenters. The molecule has 2 N–H and O–H groups in total. The summed E-state index contributed by atoms with van der Waals surface area (Å²) in [7, 11) is 0. The Labute approximate surface area is 95.9 Å². The third-order valence-corrected chi connectivity index (χ3v) is 2.81. The highest BCUT2D eigenvalue weighted by molar-refractivity contribution is 5.26. The number of hydrogen-bond acceptors (Lipinski definition) is 2. The molecule has 0 bridgehead atoms. The van der Waals surface area contributed by atoms with E-state index in [1.165, 1.54) is 11.1 Å². The predicted octanol–water partition coefficient (Wildman–Crippen LogP) is 2.26. The van der Waals surface area contributed by atoms with E-state index >= 15 is 0 Å². The van der Waals surface area contributed by atoms with Gasteiger partial charge in [-0.15, -0.1) is 0 Å². The van der Waals surface area contributed by atoms with Crippen LogP contribution in [0.3, 0.4) is 0 Å². The minimum absolute atomic E-state index is 0.0199. The van der Waals surface area contributed by atoms with E-state index < -0.39 is 0 Å². The minimum atomic E-state index is 0.0199. The molecule has 2 aromatic rings. The Morgan fingerprint density at radius 2 is 2.12 bits per heavy atom. The van der Waals surface area contributed by atoms with E-state index in [2.05, 4.69) is 40.7 Å². The molecule has 0 fully saturated rings. The molecule has 0 aliphatic carbocycles. The maximum Gasteiger partial charge on any atom is 0.0951 e. The van der Waals surface area contributed by atoms with Gasteiger partial charge in [-0.2, -0.15) is 0 Å². The lowest BCUT2D eigenvalue weighted by atomic mass is 10.1. The van der Waals surface area contributed by atoms with Gasteiger partial charge in [0, 0.05) is 18.8 Å². The summed E-state index contributed by atoms with van der Waals surface area (Å²) >= 11 is 0. The highest BCUT2D eigenvalue weighted by Crippen LogP contribution is 2.14. The van der Waals surface area contributed by atoms with Crippen molar-refractivity contribution in [1.29, 1.82) is 0 Å². The van der Waals surface area contributed by atoms with Crippen LogP contribution in [0.2, 0.25) is 0 Å². The maximum absolute atomic E-state index is 5.89. The first-order valence-corrected chi connectivity index (χ1v) is 5.48. The van der Waals surface area contributed by atoms with Gasteiger partial charge in [-0.25, -0.2) is 4.98 Å². The monoisotopic (exact) mass is 215 g/mol. The van der Waals surface area contributed by atoms with Crippen molar-refractivity contribution in [2.75, 3.05) is 0 Å². The summed E-state index contributed by atoms with van der Waals surface area (Å²) in [6, 6.07) is 8.40. The molecule has 1 aromatic heterocycles. The molecule has 3 nitrogen and oxygen atoms in total. The third-order valence-electron chi connectivity index (χ3n) is 2.81. The van der Waals surface area contributed by atoms with Gasteiger partial charge >= 0.3 is 0 Å². The molecule has 0 unspecified atom stereocenters. The normalized spacial score (nSPS) is 12.7. The van der Waals surface area contributed by atoms with Crippen molar-refractivity contribution in [3.8, 4) is 0 Å². The highest BCUT2D eigenvalue weighted by atomic mass is 15.1. The molecule has 0 amide bonds. The molecule has 1 heterocycles. The van der Waals surface area contributed by atoms with E-state index in [1.54, 1.807) is 0 Å². The van der Waals surface area contributed by atoms with Gasteiger partial charge in [0.2, 0.25) is 0 Å². The predicted molar refractivity (Wildman–Crippen MR) is 65.1 cm³/mol. The average Bonchev–Trinajstić information content (AvgIpc) is 2.69. The summed E-state index contributed by atoms with van der Waals surface area (Å²) in [6.07, 6.45) is 3.67. The van der Waals surface area contributed by atoms with Crippen molar-refractivity contribution in [2.45, 2.75) is 26.4 Å². The van der Waals surface area contributed by atoms with E-state index in [9.17, 15) is 0 Å². The van der Waals surface area contributed by atoms with Crippen LogP contribution in [0.4, 0.5) is 0 Å². The number of benzene rings is 1. The molecule has 0 radical (unpaired) electrons. The fourth-order valence-corrected chi connectivity index (χ4v) is 1.81. The van der Waals surface area contributed by atoms with Crippen LogP contribution >= 0.6 is 0 Å². The van der Waals surface area contributed by atoms with Crippen LogP contribution in [0.1, 0.15) is 29.8 Å². The average molecular weight is 215 g/mol. The molecule has 2 rings (SSSR count). The smallest absolute Gasteiger partial charge is 0.0951 e. The second-order valence-electron chi connectivity index (χ2n) is 4.16. The van der Waals surface area contributed by atoms with Crippen molar-refractivity contribution in [1.82, 2.24) is 9.55 Å². The first-order chi connectivity index (χ1) is 7.68. The molecule has 1 aromatic carbocycles. The molecule has 0 spiro atoms. The fraction of sp³-hybridized carbons (Fsp3) is 0.308. The molecule has 0 saturated carbocycles. The van der Waals surface area contributed by atoms with Crippen molar-refractivity contribution in [3.63, 3.8) is 0 Å². The van der Waals surface area contributed by atoms with Gasteiger partial charge in [-0.05, 0) is 25.0 Å². The first kappa shape index (κ1) is 10.9. The van der Waals surface area contributed by atoms with Gasteiger partial charge in [0.05, 0.1) is 12.0 Å². The Morgan fingerprint density at radius 3 is 2.81 bits per heavy atom.